The zero-order valence-electron chi connectivity index (χ0n) is 17.3. The van der Waals surface area contributed by atoms with Crippen LogP contribution < -0.4 is 5.32 Å². The molecule has 1 atom stereocenters. The number of ether oxygens (including phenoxy) is 1. The second-order valence-electron chi connectivity index (χ2n) is 7.36. The summed E-state index contributed by atoms with van der Waals surface area (Å²) in [5.41, 5.74) is 2.18. The fraction of sp³-hybridized carbons (Fsp3) is 0.304. The quantitative estimate of drug-likeness (QED) is 0.618. The van der Waals surface area contributed by atoms with E-state index in [1.165, 1.54) is 12.1 Å². The number of carbonyl (C=O) groups excluding carboxylic acids is 1. The molecule has 1 aliphatic rings. The molecule has 1 amide bonds. The number of hydrogen-bond donors (Lipinski definition) is 1. The Morgan fingerprint density at radius 3 is 2.84 bits per heavy atom. The normalized spacial score (nSPS) is 15.8. The fourth-order valence-corrected chi connectivity index (χ4v) is 3.73. The first-order valence-electron chi connectivity index (χ1n) is 10.2. The first kappa shape index (κ1) is 20.9. The van der Waals surface area contributed by atoms with Crippen molar-refractivity contribution < 1.29 is 13.9 Å². The lowest BCUT2D eigenvalue weighted by Crippen LogP contribution is -2.32. The van der Waals surface area contributed by atoms with E-state index in [9.17, 15) is 9.18 Å². The van der Waals surface area contributed by atoms with Gasteiger partial charge in [-0.1, -0.05) is 6.07 Å². The van der Waals surface area contributed by atoms with E-state index in [4.69, 9.17) is 14.7 Å². The van der Waals surface area contributed by atoms with Crippen LogP contribution in [-0.4, -0.2) is 46.0 Å². The molecule has 1 fully saturated rings. The van der Waals surface area contributed by atoms with Crippen molar-refractivity contribution in [2.45, 2.75) is 25.3 Å². The number of amides is 1. The predicted molar refractivity (Wildman–Crippen MR) is 115 cm³/mol. The van der Waals surface area contributed by atoms with E-state index in [2.05, 4.69) is 10.3 Å². The van der Waals surface area contributed by atoms with Crippen LogP contribution in [-0.2, 0) is 9.53 Å². The summed E-state index contributed by atoms with van der Waals surface area (Å²) in [5.74, 6) is 0.802. The molecule has 4 rings (SSSR count). The fourth-order valence-electron chi connectivity index (χ4n) is 3.73. The second kappa shape index (κ2) is 9.61. The number of nitrogens with zero attached hydrogens (tertiary/aromatic N) is 4. The van der Waals surface area contributed by atoms with Crippen molar-refractivity contribution in [3.05, 3.63) is 66.5 Å². The third kappa shape index (κ3) is 5.03. The third-order valence-electron chi connectivity index (χ3n) is 5.21. The number of nitrogens with one attached hydrogen (secondary N) is 1. The van der Waals surface area contributed by atoms with Crippen molar-refractivity contribution in [2.24, 2.45) is 0 Å². The molecular formula is C23H24FN5O2. The monoisotopic (exact) mass is 421 g/mol. The summed E-state index contributed by atoms with van der Waals surface area (Å²) in [5, 5.41) is 3.17. The summed E-state index contributed by atoms with van der Waals surface area (Å²) < 4.78 is 18.7. The molecule has 0 spiro atoms. The molecule has 1 aromatic carbocycles. The molecule has 0 radical (unpaired) electrons. The minimum Gasteiger partial charge on any atom is -0.384 e. The summed E-state index contributed by atoms with van der Waals surface area (Å²) in [6, 6.07) is 11.5. The number of anilines is 2. The molecule has 31 heavy (non-hydrogen) atoms. The molecule has 0 aliphatic carbocycles. The molecule has 1 aliphatic heterocycles. The second-order valence-corrected chi connectivity index (χ2v) is 7.36. The molecule has 1 saturated heterocycles. The predicted octanol–water partition coefficient (Wildman–Crippen LogP) is 4.12. The van der Waals surface area contributed by atoms with E-state index >= 15 is 0 Å². The number of carbonyl (C=O) groups is 1. The molecule has 8 heteroatoms. The van der Waals surface area contributed by atoms with Crippen LogP contribution in [0.15, 0.2) is 54.9 Å². The number of halogens is 1. The Bertz CT molecular complexity index is 1050. The van der Waals surface area contributed by atoms with E-state index in [1.54, 1.807) is 31.6 Å². The minimum absolute atomic E-state index is 0.0295. The van der Waals surface area contributed by atoms with Crippen LogP contribution >= 0.6 is 0 Å². The van der Waals surface area contributed by atoms with Crippen LogP contribution in [0.5, 0.6) is 0 Å². The SMILES string of the molecule is COCCC(=O)N1CCC[C@H]1c1nc(Nc2cccc(F)c2)cc(-c2ccncc2)n1. The van der Waals surface area contributed by atoms with E-state index < -0.39 is 0 Å². The van der Waals surface area contributed by atoms with Gasteiger partial charge < -0.3 is 15.0 Å². The molecule has 160 valence electrons. The Balaban J connectivity index is 1.70. The molecule has 7 nitrogen and oxygen atoms in total. The summed E-state index contributed by atoms with van der Waals surface area (Å²) in [4.78, 5) is 28.1. The highest BCUT2D eigenvalue weighted by molar-refractivity contribution is 5.77. The van der Waals surface area contributed by atoms with Gasteiger partial charge in [0.15, 0.2) is 5.82 Å². The Kier molecular flexibility index (Phi) is 6.47. The maximum Gasteiger partial charge on any atom is 0.225 e. The van der Waals surface area contributed by atoms with Crippen LogP contribution in [0.3, 0.4) is 0 Å². The largest absolute Gasteiger partial charge is 0.384 e. The van der Waals surface area contributed by atoms with E-state index in [-0.39, 0.29) is 17.8 Å². The standard InChI is InChI=1S/C23H24FN5O2/c1-31-13-9-22(30)29-12-3-6-20(29)23-27-19(16-7-10-25-11-8-16)15-21(28-23)26-18-5-2-4-17(24)14-18/h2,4-5,7-8,10-11,14-15,20H,3,6,9,12-13H2,1H3,(H,26,27,28)/t20-/m0/s1. The Morgan fingerprint density at radius 1 is 1.23 bits per heavy atom. The maximum absolute atomic E-state index is 13.6. The molecule has 2 aromatic heterocycles. The summed E-state index contributed by atoms with van der Waals surface area (Å²) in [6.45, 7) is 1.05. The summed E-state index contributed by atoms with van der Waals surface area (Å²) in [7, 11) is 1.58. The van der Waals surface area contributed by atoms with Gasteiger partial charge in [0.25, 0.3) is 0 Å². The number of pyridine rings is 1. The van der Waals surface area contributed by atoms with Gasteiger partial charge in [0, 0.05) is 43.4 Å². The average Bonchev–Trinajstić information content (AvgIpc) is 3.28. The number of likely N-dealkylation sites (tertiary alicyclic amines) is 1. The third-order valence-corrected chi connectivity index (χ3v) is 5.21. The lowest BCUT2D eigenvalue weighted by molar-refractivity contribution is -0.133. The molecular weight excluding hydrogens is 397 g/mol. The van der Waals surface area contributed by atoms with Gasteiger partial charge >= 0.3 is 0 Å². The van der Waals surface area contributed by atoms with Gasteiger partial charge in [-0.15, -0.1) is 0 Å². The van der Waals surface area contributed by atoms with Crippen molar-refractivity contribution in [3.8, 4) is 11.3 Å². The van der Waals surface area contributed by atoms with Gasteiger partial charge in [-0.05, 0) is 43.2 Å². The number of aromatic nitrogens is 3. The Hall–Kier alpha value is -3.39. The number of hydrogen-bond acceptors (Lipinski definition) is 6. The zero-order valence-corrected chi connectivity index (χ0v) is 17.3. The van der Waals surface area contributed by atoms with Crippen molar-refractivity contribution in [1.29, 1.82) is 0 Å². The van der Waals surface area contributed by atoms with E-state index in [0.29, 0.717) is 42.6 Å². The lowest BCUT2D eigenvalue weighted by Gasteiger charge is -2.24. The molecule has 0 unspecified atom stereocenters. The van der Waals surface area contributed by atoms with Crippen molar-refractivity contribution in [2.75, 3.05) is 25.6 Å². The van der Waals surface area contributed by atoms with Gasteiger partial charge in [0.05, 0.1) is 24.8 Å². The molecule has 3 aromatic rings. The van der Waals surface area contributed by atoms with E-state index in [0.717, 1.165) is 18.4 Å². The number of benzene rings is 1. The average molecular weight is 421 g/mol. The van der Waals surface area contributed by atoms with Gasteiger partial charge in [-0.2, -0.15) is 0 Å². The zero-order chi connectivity index (χ0) is 21.6. The van der Waals surface area contributed by atoms with Gasteiger partial charge in [-0.25, -0.2) is 14.4 Å². The summed E-state index contributed by atoms with van der Waals surface area (Å²) in [6.07, 6.45) is 5.40. The highest BCUT2D eigenvalue weighted by atomic mass is 19.1. The molecule has 1 N–H and O–H groups in total. The first-order valence-corrected chi connectivity index (χ1v) is 10.2. The summed E-state index contributed by atoms with van der Waals surface area (Å²) >= 11 is 0. The number of rotatable bonds is 7. The van der Waals surface area contributed by atoms with Crippen molar-refractivity contribution >= 4 is 17.4 Å². The lowest BCUT2D eigenvalue weighted by atomic mass is 10.1. The maximum atomic E-state index is 13.6. The smallest absolute Gasteiger partial charge is 0.225 e. The van der Waals surface area contributed by atoms with Gasteiger partial charge in [0.2, 0.25) is 5.91 Å². The minimum atomic E-state index is -0.334. The molecule has 0 saturated carbocycles. The van der Waals surface area contributed by atoms with Crippen molar-refractivity contribution in [3.63, 3.8) is 0 Å². The van der Waals surface area contributed by atoms with Gasteiger partial charge in [0.1, 0.15) is 11.6 Å². The van der Waals surface area contributed by atoms with Crippen LogP contribution in [0.1, 0.15) is 31.1 Å². The number of methoxy groups -OCH3 is 1. The molecule has 3 heterocycles. The topological polar surface area (TPSA) is 80.2 Å². The van der Waals surface area contributed by atoms with Crippen LogP contribution in [0, 0.1) is 5.82 Å². The van der Waals surface area contributed by atoms with Crippen LogP contribution in [0.4, 0.5) is 15.9 Å². The first-order chi connectivity index (χ1) is 15.1. The van der Waals surface area contributed by atoms with Crippen LogP contribution in [0.25, 0.3) is 11.3 Å². The molecule has 0 bridgehead atoms. The van der Waals surface area contributed by atoms with Crippen molar-refractivity contribution in [1.82, 2.24) is 19.9 Å². The van der Waals surface area contributed by atoms with Gasteiger partial charge in [-0.3, -0.25) is 9.78 Å². The Labute approximate surface area is 180 Å². The van der Waals surface area contributed by atoms with E-state index in [1.807, 2.05) is 23.1 Å². The van der Waals surface area contributed by atoms with Crippen LogP contribution in [0.2, 0.25) is 0 Å². The highest BCUT2D eigenvalue weighted by Crippen LogP contribution is 2.33. The Morgan fingerprint density at radius 2 is 2.06 bits per heavy atom. The highest BCUT2D eigenvalue weighted by Gasteiger charge is 2.32.